The number of aryl methyl sites for hydroxylation is 3. The largest absolute Gasteiger partial charge is 0.464 e. The van der Waals surface area contributed by atoms with Crippen molar-refractivity contribution in [3.63, 3.8) is 0 Å². The van der Waals surface area contributed by atoms with Crippen LogP contribution < -0.4 is 10.1 Å². The number of aromatic nitrogens is 3. The Bertz CT molecular complexity index is 1040. The molecule has 3 aromatic rings. The summed E-state index contributed by atoms with van der Waals surface area (Å²) in [6, 6.07) is 8.09. The molecule has 1 N–H and O–H groups in total. The van der Waals surface area contributed by atoms with Crippen LogP contribution in [0.25, 0.3) is 11.0 Å². The van der Waals surface area contributed by atoms with E-state index in [1.165, 1.54) is 25.6 Å². The summed E-state index contributed by atoms with van der Waals surface area (Å²) in [5, 5.41) is 6.61. The van der Waals surface area contributed by atoms with Gasteiger partial charge in [0.05, 0.1) is 16.6 Å². The summed E-state index contributed by atoms with van der Waals surface area (Å²) in [7, 11) is 1.50. The summed E-state index contributed by atoms with van der Waals surface area (Å²) in [4.78, 5) is 16.5. The highest BCUT2D eigenvalue weighted by Crippen LogP contribution is 2.37. The van der Waals surface area contributed by atoms with Crippen LogP contribution in [0.1, 0.15) is 30.7 Å². The van der Waals surface area contributed by atoms with Crippen molar-refractivity contribution in [2.24, 2.45) is 7.05 Å². The van der Waals surface area contributed by atoms with Crippen molar-refractivity contribution in [3.8, 4) is 5.88 Å². The molecule has 2 aromatic heterocycles. The van der Waals surface area contributed by atoms with Gasteiger partial charge in [-0.3, -0.25) is 9.48 Å². The van der Waals surface area contributed by atoms with Gasteiger partial charge < -0.3 is 10.1 Å². The number of nitrogens with one attached hydrogen (secondary N) is 1. The lowest BCUT2D eigenvalue weighted by molar-refractivity contribution is -0.136. The summed E-state index contributed by atoms with van der Waals surface area (Å²) in [5.74, 6) is -0.789. The van der Waals surface area contributed by atoms with Gasteiger partial charge in [0.15, 0.2) is 11.8 Å². The van der Waals surface area contributed by atoms with Crippen molar-refractivity contribution in [1.29, 1.82) is 0 Å². The van der Waals surface area contributed by atoms with Crippen molar-refractivity contribution in [2.45, 2.75) is 39.5 Å². The van der Waals surface area contributed by atoms with E-state index < -0.39 is 23.8 Å². The maximum Gasteiger partial charge on any atom is 0.417 e. The first-order chi connectivity index (χ1) is 13.6. The van der Waals surface area contributed by atoms with E-state index in [2.05, 4.69) is 15.4 Å². The minimum atomic E-state index is -4.61. The molecule has 1 atom stereocenters. The Morgan fingerprint density at radius 3 is 2.52 bits per heavy atom. The van der Waals surface area contributed by atoms with Crippen LogP contribution in [-0.2, 0) is 24.4 Å². The topological polar surface area (TPSA) is 69.0 Å². The Kier molecular flexibility index (Phi) is 5.50. The van der Waals surface area contributed by atoms with E-state index in [-0.39, 0.29) is 22.6 Å². The maximum atomic E-state index is 13.5. The van der Waals surface area contributed by atoms with Crippen molar-refractivity contribution in [1.82, 2.24) is 14.8 Å². The summed E-state index contributed by atoms with van der Waals surface area (Å²) in [6.45, 7) is 4.95. The van der Waals surface area contributed by atoms with Gasteiger partial charge in [-0.25, -0.2) is 0 Å². The van der Waals surface area contributed by atoms with Crippen LogP contribution in [0.2, 0.25) is 0 Å². The van der Waals surface area contributed by atoms with E-state index in [9.17, 15) is 18.0 Å². The zero-order valence-electron chi connectivity index (χ0n) is 16.5. The molecule has 0 saturated heterocycles. The minimum absolute atomic E-state index is 0.0371. The van der Waals surface area contributed by atoms with Gasteiger partial charge in [0.2, 0.25) is 5.88 Å². The number of pyridine rings is 1. The standard InChI is InChI=1S/C20H21F3N4O2/c1-5-13-6-8-14(9-7-13)24-19(28)12(3)29-16-10-15(20(21,22)23)17-11(2)26-27(4)18(17)25-16/h6-10,12H,5H2,1-4H3,(H,24,28)/t12-/m0/s1. The maximum absolute atomic E-state index is 13.5. The van der Waals surface area contributed by atoms with E-state index in [0.717, 1.165) is 18.1 Å². The van der Waals surface area contributed by atoms with E-state index in [0.29, 0.717) is 5.69 Å². The van der Waals surface area contributed by atoms with Crippen LogP contribution in [0.5, 0.6) is 5.88 Å². The molecule has 2 heterocycles. The van der Waals surface area contributed by atoms with Gasteiger partial charge in [-0.05, 0) is 38.0 Å². The lowest BCUT2D eigenvalue weighted by atomic mass is 10.1. The Labute approximate surface area is 165 Å². The molecule has 1 amide bonds. The number of nitrogens with zero attached hydrogens (tertiary/aromatic N) is 3. The van der Waals surface area contributed by atoms with Gasteiger partial charge in [0.25, 0.3) is 5.91 Å². The molecular weight excluding hydrogens is 385 g/mol. The second-order valence-corrected chi connectivity index (χ2v) is 6.71. The van der Waals surface area contributed by atoms with Crippen LogP contribution in [0.3, 0.4) is 0 Å². The van der Waals surface area contributed by atoms with Crippen molar-refractivity contribution in [3.05, 3.63) is 47.2 Å². The third-order valence-electron chi connectivity index (χ3n) is 4.55. The lowest BCUT2D eigenvalue weighted by Crippen LogP contribution is -2.30. The van der Waals surface area contributed by atoms with E-state index in [4.69, 9.17) is 4.74 Å². The molecule has 0 aliphatic rings. The number of alkyl halides is 3. The van der Waals surface area contributed by atoms with Gasteiger partial charge in [-0.15, -0.1) is 0 Å². The Morgan fingerprint density at radius 2 is 1.93 bits per heavy atom. The number of benzene rings is 1. The van der Waals surface area contributed by atoms with Crippen LogP contribution in [0, 0.1) is 6.92 Å². The zero-order chi connectivity index (χ0) is 21.3. The van der Waals surface area contributed by atoms with E-state index in [1.807, 2.05) is 19.1 Å². The molecule has 9 heteroatoms. The zero-order valence-corrected chi connectivity index (χ0v) is 16.5. The highest BCUT2D eigenvalue weighted by atomic mass is 19.4. The lowest BCUT2D eigenvalue weighted by Gasteiger charge is -2.16. The number of ether oxygens (including phenoxy) is 1. The monoisotopic (exact) mass is 406 g/mol. The van der Waals surface area contributed by atoms with Crippen LogP contribution in [-0.4, -0.2) is 26.8 Å². The Morgan fingerprint density at radius 1 is 1.28 bits per heavy atom. The summed E-state index contributed by atoms with van der Waals surface area (Å²) in [6.07, 6.45) is -4.79. The molecule has 0 aliphatic carbocycles. The van der Waals surface area contributed by atoms with Crippen LogP contribution >= 0.6 is 0 Å². The van der Waals surface area contributed by atoms with Crippen molar-refractivity contribution >= 4 is 22.6 Å². The number of fused-ring (bicyclic) bond motifs is 1. The molecule has 154 valence electrons. The first-order valence-electron chi connectivity index (χ1n) is 9.08. The molecule has 0 spiro atoms. The molecule has 29 heavy (non-hydrogen) atoms. The molecule has 0 aliphatic heterocycles. The molecule has 0 bridgehead atoms. The first kappa shape index (κ1) is 20.6. The van der Waals surface area contributed by atoms with Crippen molar-refractivity contribution in [2.75, 3.05) is 5.32 Å². The number of carbonyl (C=O) groups is 1. The third kappa shape index (κ3) is 4.33. The first-order valence-corrected chi connectivity index (χ1v) is 9.08. The fourth-order valence-corrected chi connectivity index (χ4v) is 3.01. The summed E-state index contributed by atoms with van der Waals surface area (Å²) < 4.78 is 47.3. The Hall–Kier alpha value is -3.10. The number of hydrogen-bond donors (Lipinski definition) is 1. The fourth-order valence-electron chi connectivity index (χ4n) is 3.01. The number of amides is 1. The predicted molar refractivity (Wildman–Crippen MR) is 103 cm³/mol. The summed E-state index contributed by atoms with van der Waals surface area (Å²) >= 11 is 0. The highest BCUT2D eigenvalue weighted by molar-refractivity contribution is 5.94. The Balaban J connectivity index is 1.84. The average molecular weight is 406 g/mol. The van der Waals surface area contributed by atoms with Gasteiger partial charge >= 0.3 is 6.18 Å². The number of rotatable bonds is 5. The third-order valence-corrected chi connectivity index (χ3v) is 4.55. The minimum Gasteiger partial charge on any atom is -0.464 e. The number of carbonyl (C=O) groups excluding carboxylic acids is 1. The van der Waals surface area contributed by atoms with Gasteiger partial charge in [-0.2, -0.15) is 23.3 Å². The van der Waals surface area contributed by atoms with Crippen LogP contribution in [0.15, 0.2) is 30.3 Å². The molecule has 0 saturated carbocycles. The fraction of sp³-hybridized carbons (Fsp3) is 0.350. The molecule has 3 rings (SSSR count). The van der Waals surface area contributed by atoms with Crippen molar-refractivity contribution < 1.29 is 22.7 Å². The average Bonchev–Trinajstić information content (AvgIpc) is 2.94. The highest BCUT2D eigenvalue weighted by Gasteiger charge is 2.36. The molecule has 6 nitrogen and oxygen atoms in total. The van der Waals surface area contributed by atoms with Gasteiger partial charge in [-0.1, -0.05) is 19.1 Å². The number of anilines is 1. The van der Waals surface area contributed by atoms with Gasteiger partial charge in [0, 0.05) is 18.8 Å². The molecule has 0 radical (unpaired) electrons. The van der Waals surface area contributed by atoms with Crippen LogP contribution in [0.4, 0.5) is 18.9 Å². The van der Waals surface area contributed by atoms with E-state index in [1.54, 1.807) is 12.1 Å². The second kappa shape index (κ2) is 7.73. The molecular formula is C20H21F3N4O2. The predicted octanol–water partition coefficient (Wildman–Crippen LogP) is 4.26. The molecule has 0 unspecified atom stereocenters. The molecule has 1 aromatic carbocycles. The quantitative estimate of drug-likeness (QED) is 0.687. The SMILES string of the molecule is CCc1ccc(NC(=O)[C@H](C)Oc2cc(C(F)(F)F)c3c(C)nn(C)c3n2)cc1. The molecule has 0 fully saturated rings. The summed E-state index contributed by atoms with van der Waals surface area (Å²) in [5.41, 5.74) is 1.05. The smallest absolute Gasteiger partial charge is 0.417 e. The number of halogens is 3. The second-order valence-electron chi connectivity index (χ2n) is 6.71. The van der Waals surface area contributed by atoms with E-state index >= 15 is 0 Å². The normalized spacial score (nSPS) is 12.8. The number of hydrogen-bond acceptors (Lipinski definition) is 4. The van der Waals surface area contributed by atoms with Gasteiger partial charge in [0.1, 0.15) is 0 Å².